The van der Waals surface area contributed by atoms with E-state index in [1.807, 2.05) is 64.1 Å². The van der Waals surface area contributed by atoms with Crippen molar-refractivity contribution in [1.82, 2.24) is 10.3 Å². The van der Waals surface area contributed by atoms with Crippen molar-refractivity contribution in [3.05, 3.63) is 47.5 Å². The van der Waals surface area contributed by atoms with Gasteiger partial charge in [0, 0.05) is 5.56 Å². The molecule has 8 heteroatoms. The molecule has 2 aromatic carbocycles. The van der Waals surface area contributed by atoms with Crippen molar-refractivity contribution in [2.45, 2.75) is 53.6 Å². The number of aromatic nitrogens is 2. The quantitative estimate of drug-likeness (QED) is 0.419. The Morgan fingerprint density at radius 2 is 1.70 bits per heavy atom. The van der Waals surface area contributed by atoms with E-state index in [4.69, 9.17) is 18.8 Å². The maximum atomic E-state index is 12.7. The second-order valence-electron chi connectivity index (χ2n) is 7.82. The number of benzene rings is 2. The molecule has 3 rings (SSSR count). The molecule has 0 bridgehead atoms. The molecule has 1 amide bonds. The van der Waals surface area contributed by atoms with Gasteiger partial charge in [-0.25, -0.2) is 4.63 Å². The van der Waals surface area contributed by atoms with Crippen LogP contribution in [0, 0.1) is 13.8 Å². The predicted octanol–water partition coefficient (Wildman–Crippen LogP) is 5.34. The molecule has 0 aliphatic carbocycles. The minimum atomic E-state index is -0.745. The van der Waals surface area contributed by atoms with Crippen LogP contribution in [0.4, 0.5) is 5.82 Å². The summed E-state index contributed by atoms with van der Waals surface area (Å²) in [5, 5.41) is 10.6. The highest BCUT2D eigenvalue weighted by Gasteiger charge is 2.21. The largest absolute Gasteiger partial charge is 0.490 e. The lowest BCUT2D eigenvalue weighted by atomic mass is 10.1. The number of nitrogens with zero attached hydrogens (tertiary/aromatic N) is 2. The Morgan fingerprint density at radius 3 is 2.39 bits per heavy atom. The standard InChI is InChI=1S/C25H31N3O5/c1-6-12-30-21-11-9-19(15-22(21)31-13-7-2)23-24(28-33-27-23)26-25(29)18(5)32-20-10-8-16(3)17(4)14-20/h8-11,14-15,18H,6-7,12-13H2,1-5H3,(H,26,28,29)/t18-/m0/s1. The van der Waals surface area contributed by atoms with Crippen molar-refractivity contribution in [2.75, 3.05) is 18.5 Å². The van der Waals surface area contributed by atoms with Crippen LogP contribution in [0.3, 0.4) is 0 Å². The minimum Gasteiger partial charge on any atom is -0.490 e. The van der Waals surface area contributed by atoms with E-state index in [0.29, 0.717) is 41.7 Å². The average Bonchev–Trinajstić information content (AvgIpc) is 3.27. The summed E-state index contributed by atoms with van der Waals surface area (Å²) < 4.78 is 22.4. The van der Waals surface area contributed by atoms with Gasteiger partial charge in [0.25, 0.3) is 5.91 Å². The van der Waals surface area contributed by atoms with Crippen LogP contribution in [0.5, 0.6) is 17.2 Å². The molecule has 8 nitrogen and oxygen atoms in total. The fraction of sp³-hybridized carbons (Fsp3) is 0.400. The third kappa shape index (κ3) is 6.25. The summed E-state index contributed by atoms with van der Waals surface area (Å²) in [6.45, 7) is 10.9. The molecule has 0 saturated carbocycles. The smallest absolute Gasteiger partial charge is 0.266 e. The molecule has 0 aliphatic rings. The first-order valence-electron chi connectivity index (χ1n) is 11.2. The number of anilines is 1. The molecule has 1 atom stereocenters. The van der Waals surface area contributed by atoms with E-state index in [9.17, 15) is 4.79 Å². The Bertz CT molecular complexity index is 1080. The molecule has 0 spiro atoms. The number of rotatable bonds is 11. The van der Waals surface area contributed by atoms with E-state index >= 15 is 0 Å². The summed E-state index contributed by atoms with van der Waals surface area (Å²) in [5.41, 5.74) is 3.33. The third-order valence-electron chi connectivity index (χ3n) is 5.03. The summed E-state index contributed by atoms with van der Waals surface area (Å²) in [6, 6.07) is 11.2. The third-order valence-corrected chi connectivity index (χ3v) is 5.03. The maximum absolute atomic E-state index is 12.7. The van der Waals surface area contributed by atoms with Crippen molar-refractivity contribution in [1.29, 1.82) is 0 Å². The number of hydrogen-bond donors (Lipinski definition) is 1. The van der Waals surface area contributed by atoms with Gasteiger partial charge in [-0.2, -0.15) is 0 Å². The van der Waals surface area contributed by atoms with Crippen LogP contribution < -0.4 is 19.5 Å². The van der Waals surface area contributed by atoms with Crippen LogP contribution in [0.1, 0.15) is 44.7 Å². The van der Waals surface area contributed by atoms with Crippen molar-refractivity contribution < 1.29 is 23.6 Å². The van der Waals surface area contributed by atoms with Gasteiger partial charge in [0.15, 0.2) is 23.3 Å². The molecule has 3 aromatic rings. The number of aryl methyl sites for hydroxylation is 2. The average molecular weight is 454 g/mol. The van der Waals surface area contributed by atoms with Gasteiger partial charge in [-0.05, 0) is 85.4 Å². The lowest BCUT2D eigenvalue weighted by molar-refractivity contribution is -0.122. The van der Waals surface area contributed by atoms with Gasteiger partial charge in [0.1, 0.15) is 5.75 Å². The second kappa shape index (κ2) is 11.4. The highest BCUT2D eigenvalue weighted by molar-refractivity contribution is 5.96. The van der Waals surface area contributed by atoms with Gasteiger partial charge >= 0.3 is 0 Å². The molecule has 1 N–H and O–H groups in total. The topological polar surface area (TPSA) is 95.7 Å². The molecule has 1 heterocycles. The normalized spacial score (nSPS) is 11.7. The molecule has 0 fully saturated rings. The molecular formula is C25H31N3O5. The Kier molecular flexibility index (Phi) is 8.29. The zero-order valence-electron chi connectivity index (χ0n) is 19.8. The van der Waals surface area contributed by atoms with Gasteiger partial charge < -0.3 is 19.5 Å². The van der Waals surface area contributed by atoms with Crippen molar-refractivity contribution in [3.63, 3.8) is 0 Å². The Hall–Kier alpha value is -3.55. The number of nitrogens with one attached hydrogen (secondary N) is 1. The van der Waals surface area contributed by atoms with E-state index < -0.39 is 6.10 Å². The van der Waals surface area contributed by atoms with Crippen LogP contribution in [-0.2, 0) is 4.79 Å². The van der Waals surface area contributed by atoms with Crippen LogP contribution in [0.15, 0.2) is 41.0 Å². The number of carbonyl (C=O) groups excluding carboxylic acids is 1. The van der Waals surface area contributed by atoms with Crippen LogP contribution in [0.25, 0.3) is 11.3 Å². The summed E-state index contributed by atoms with van der Waals surface area (Å²) in [6.07, 6.45) is 1.01. The molecule has 0 saturated heterocycles. The molecular weight excluding hydrogens is 422 g/mol. The number of carbonyl (C=O) groups is 1. The lowest BCUT2D eigenvalue weighted by Crippen LogP contribution is -2.30. The fourth-order valence-corrected chi connectivity index (χ4v) is 3.03. The van der Waals surface area contributed by atoms with Crippen molar-refractivity contribution in [2.24, 2.45) is 0 Å². The van der Waals surface area contributed by atoms with Gasteiger partial charge in [-0.3, -0.25) is 4.79 Å². The predicted molar refractivity (Wildman–Crippen MR) is 126 cm³/mol. The maximum Gasteiger partial charge on any atom is 0.266 e. The highest BCUT2D eigenvalue weighted by atomic mass is 16.6. The first kappa shape index (κ1) is 24.1. The Morgan fingerprint density at radius 1 is 0.970 bits per heavy atom. The Balaban J connectivity index is 1.75. The molecule has 33 heavy (non-hydrogen) atoms. The first-order chi connectivity index (χ1) is 15.9. The zero-order valence-corrected chi connectivity index (χ0v) is 19.8. The summed E-state index contributed by atoms with van der Waals surface area (Å²) in [7, 11) is 0. The van der Waals surface area contributed by atoms with Crippen LogP contribution in [0.2, 0.25) is 0 Å². The summed E-state index contributed by atoms with van der Waals surface area (Å²) in [5.74, 6) is 1.73. The molecule has 1 aromatic heterocycles. The number of ether oxygens (including phenoxy) is 3. The highest BCUT2D eigenvalue weighted by Crippen LogP contribution is 2.34. The molecule has 0 unspecified atom stereocenters. The molecule has 0 aliphatic heterocycles. The zero-order chi connectivity index (χ0) is 23.8. The van der Waals surface area contributed by atoms with E-state index in [-0.39, 0.29) is 11.7 Å². The molecule has 0 radical (unpaired) electrons. The second-order valence-corrected chi connectivity index (χ2v) is 7.82. The van der Waals surface area contributed by atoms with Gasteiger partial charge in [0.2, 0.25) is 5.82 Å². The van der Waals surface area contributed by atoms with E-state index in [2.05, 4.69) is 15.6 Å². The van der Waals surface area contributed by atoms with E-state index in [0.717, 1.165) is 24.0 Å². The van der Waals surface area contributed by atoms with Gasteiger partial charge in [-0.15, -0.1) is 0 Å². The SMILES string of the molecule is CCCOc1ccc(-c2nonc2NC(=O)[C@H](C)Oc2ccc(C)c(C)c2)cc1OCCC. The van der Waals surface area contributed by atoms with Gasteiger partial charge in [0.05, 0.1) is 13.2 Å². The number of hydrogen-bond acceptors (Lipinski definition) is 7. The van der Waals surface area contributed by atoms with Crippen LogP contribution >= 0.6 is 0 Å². The summed E-state index contributed by atoms with van der Waals surface area (Å²) >= 11 is 0. The van der Waals surface area contributed by atoms with Crippen molar-refractivity contribution in [3.8, 4) is 28.5 Å². The van der Waals surface area contributed by atoms with Crippen molar-refractivity contribution >= 4 is 11.7 Å². The lowest BCUT2D eigenvalue weighted by Gasteiger charge is -2.15. The number of amides is 1. The van der Waals surface area contributed by atoms with Crippen LogP contribution in [-0.4, -0.2) is 35.5 Å². The first-order valence-corrected chi connectivity index (χ1v) is 11.2. The van der Waals surface area contributed by atoms with Gasteiger partial charge in [-0.1, -0.05) is 19.9 Å². The fourth-order valence-electron chi connectivity index (χ4n) is 3.03. The van der Waals surface area contributed by atoms with E-state index in [1.165, 1.54) is 0 Å². The Labute approximate surface area is 194 Å². The minimum absolute atomic E-state index is 0.208. The monoisotopic (exact) mass is 453 g/mol. The van der Waals surface area contributed by atoms with E-state index in [1.54, 1.807) is 6.92 Å². The summed E-state index contributed by atoms with van der Waals surface area (Å²) in [4.78, 5) is 12.7. The molecule has 176 valence electrons.